The minimum absolute atomic E-state index is 0.0522. The Morgan fingerprint density at radius 1 is 1.17 bits per heavy atom. The standard InChI is InChI=1S/C27H32Cl2N2O4/c1-27(2,3)15-21-14-23(30-34-21)26-24(16-6-7-16)25(31-35-26)18(5-4-10-32)12-20(33)11-17-8-9-19(28)13-22(17)29/h8-9,13-14,16,18,32H,4-7,10-12,15H2,1-3H3/t18-/m0/s1. The molecule has 1 saturated carbocycles. The van der Waals surface area contributed by atoms with Gasteiger partial charge in [-0.1, -0.05) is 60.4 Å². The Bertz CT molecular complexity index is 1170. The van der Waals surface area contributed by atoms with Crippen LogP contribution < -0.4 is 0 Å². The van der Waals surface area contributed by atoms with Crippen molar-refractivity contribution in [1.82, 2.24) is 10.3 Å². The molecule has 8 heteroatoms. The molecule has 0 spiro atoms. The molecule has 35 heavy (non-hydrogen) atoms. The molecule has 1 N–H and O–H groups in total. The van der Waals surface area contributed by atoms with Crippen molar-refractivity contribution in [2.75, 3.05) is 6.61 Å². The maximum Gasteiger partial charge on any atom is 0.192 e. The van der Waals surface area contributed by atoms with Gasteiger partial charge in [0.1, 0.15) is 11.5 Å². The lowest BCUT2D eigenvalue weighted by Gasteiger charge is -2.15. The highest BCUT2D eigenvalue weighted by atomic mass is 35.5. The number of hydrogen-bond acceptors (Lipinski definition) is 6. The number of aliphatic hydroxyl groups excluding tert-OH is 1. The highest BCUT2D eigenvalue weighted by Gasteiger charge is 2.37. The van der Waals surface area contributed by atoms with Crippen LogP contribution in [0, 0.1) is 5.41 Å². The van der Waals surface area contributed by atoms with Crippen LogP contribution in [-0.4, -0.2) is 27.8 Å². The molecular weight excluding hydrogens is 487 g/mol. The van der Waals surface area contributed by atoms with Crippen LogP contribution in [0.4, 0.5) is 0 Å². The Balaban J connectivity index is 1.58. The van der Waals surface area contributed by atoms with Gasteiger partial charge in [0.2, 0.25) is 0 Å². The highest BCUT2D eigenvalue weighted by molar-refractivity contribution is 6.35. The van der Waals surface area contributed by atoms with E-state index < -0.39 is 0 Å². The Morgan fingerprint density at radius 3 is 2.60 bits per heavy atom. The first-order chi connectivity index (χ1) is 16.6. The zero-order valence-corrected chi connectivity index (χ0v) is 22.0. The van der Waals surface area contributed by atoms with Gasteiger partial charge in [-0.25, -0.2) is 0 Å². The van der Waals surface area contributed by atoms with Crippen LogP contribution in [0.5, 0.6) is 0 Å². The van der Waals surface area contributed by atoms with Crippen molar-refractivity contribution in [2.24, 2.45) is 5.41 Å². The molecule has 0 unspecified atom stereocenters. The summed E-state index contributed by atoms with van der Waals surface area (Å²) in [6, 6.07) is 7.10. The van der Waals surface area contributed by atoms with E-state index >= 15 is 0 Å². The molecule has 1 aromatic carbocycles. The smallest absolute Gasteiger partial charge is 0.192 e. The van der Waals surface area contributed by atoms with E-state index in [1.807, 2.05) is 6.07 Å². The van der Waals surface area contributed by atoms with E-state index in [4.69, 9.17) is 32.2 Å². The zero-order chi connectivity index (χ0) is 25.2. The quantitative estimate of drug-likeness (QED) is 0.289. The normalized spacial score (nSPS) is 14.9. The predicted octanol–water partition coefficient (Wildman–Crippen LogP) is 7.16. The third-order valence-electron chi connectivity index (χ3n) is 6.21. The van der Waals surface area contributed by atoms with Gasteiger partial charge in [-0.05, 0) is 54.7 Å². The van der Waals surface area contributed by atoms with Crippen LogP contribution in [-0.2, 0) is 17.6 Å². The predicted molar refractivity (Wildman–Crippen MR) is 136 cm³/mol. The number of carbonyl (C=O) groups excluding carboxylic acids is 1. The molecule has 0 saturated heterocycles. The average Bonchev–Trinajstić information content (AvgIpc) is 3.35. The maximum absolute atomic E-state index is 13.1. The Hall–Kier alpha value is -2.15. The molecule has 0 bridgehead atoms. The number of aromatic nitrogens is 2. The first-order valence-corrected chi connectivity index (χ1v) is 12.9. The SMILES string of the molecule is CC(C)(C)Cc1cc(-c2onc([C@@H](CCCO)CC(=O)Cc3ccc(Cl)cc3Cl)c2C2CC2)no1. The van der Waals surface area contributed by atoms with Gasteiger partial charge in [-0.2, -0.15) is 0 Å². The molecule has 0 radical (unpaired) electrons. The van der Waals surface area contributed by atoms with Crippen molar-refractivity contribution in [3.63, 3.8) is 0 Å². The second kappa shape index (κ2) is 10.9. The number of hydrogen-bond donors (Lipinski definition) is 1. The summed E-state index contributed by atoms with van der Waals surface area (Å²) in [4.78, 5) is 13.1. The minimum atomic E-state index is -0.158. The first-order valence-electron chi connectivity index (χ1n) is 12.2. The van der Waals surface area contributed by atoms with E-state index in [0.29, 0.717) is 46.7 Å². The molecule has 6 nitrogen and oxygen atoms in total. The molecule has 2 heterocycles. The van der Waals surface area contributed by atoms with Crippen LogP contribution >= 0.6 is 23.2 Å². The van der Waals surface area contributed by atoms with Crippen LogP contribution in [0.25, 0.3) is 11.5 Å². The summed E-state index contributed by atoms with van der Waals surface area (Å²) in [5.41, 5.74) is 3.29. The lowest BCUT2D eigenvalue weighted by molar-refractivity contribution is -0.118. The molecule has 1 aliphatic rings. The molecule has 0 amide bonds. The third kappa shape index (κ3) is 6.75. The van der Waals surface area contributed by atoms with Gasteiger partial charge in [-0.15, -0.1) is 0 Å². The van der Waals surface area contributed by atoms with E-state index in [0.717, 1.165) is 41.8 Å². The molecular formula is C27H32Cl2N2O4. The fourth-order valence-electron chi connectivity index (χ4n) is 4.48. The Kier molecular flexibility index (Phi) is 8.04. The molecule has 188 valence electrons. The molecule has 1 aliphatic carbocycles. The van der Waals surface area contributed by atoms with Gasteiger partial charge < -0.3 is 14.2 Å². The topological polar surface area (TPSA) is 89.4 Å². The largest absolute Gasteiger partial charge is 0.396 e. The summed E-state index contributed by atoms with van der Waals surface area (Å²) < 4.78 is 11.4. The summed E-state index contributed by atoms with van der Waals surface area (Å²) >= 11 is 12.3. The average molecular weight is 519 g/mol. The summed E-state index contributed by atoms with van der Waals surface area (Å²) in [5.74, 6) is 1.67. The molecule has 2 aromatic heterocycles. The first kappa shape index (κ1) is 25.9. The molecule has 4 rings (SSSR count). The molecule has 1 fully saturated rings. The lowest BCUT2D eigenvalue weighted by Crippen LogP contribution is -2.12. The van der Waals surface area contributed by atoms with Gasteiger partial charge in [0.15, 0.2) is 11.5 Å². The second-order valence-corrected chi connectivity index (χ2v) is 11.6. The second-order valence-electron chi connectivity index (χ2n) is 10.7. The number of nitrogens with zero attached hydrogens (tertiary/aromatic N) is 2. The van der Waals surface area contributed by atoms with Gasteiger partial charge >= 0.3 is 0 Å². The number of benzene rings is 1. The summed E-state index contributed by atoms with van der Waals surface area (Å²) in [5, 5.41) is 19.2. The van der Waals surface area contributed by atoms with Crippen LogP contribution in [0.3, 0.4) is 0 Å². The van der Waals surface area contributed by atoms with Gasteiger partial charge in [0.05, 0.1) is 5.69 Å². The summed E-state index contributed by atoms with van der Waals surface area (Å²) in [7, 11) is 0. The third-order valence-corrected chi connectivity index (χ3v) is 6.80. The lowest BCUT2D eigenvalue weighted by atomic mass is 9.87. The van der Waals surface area contributed by atoms with Crippen molar-refractivity contribution >= 4 is 29.0 Å². The van der Waals surface area contributed by atoms with Crippen LogP contribution in [0.2, 0.25) is 10.0 Å². The van der Waals surface area contributed by atoms with Crippen LogP contribution in [0.15, 0.2) is 33.3 Å². The van der Waals surface area contributed by atoms with E-state index in [-0.39, 0.29) is 30.1 Å². The van der Waals surface area contributed by atoms with E-state index in [1.165, 1.54) is 0 Å². The molecule has 3 aromatic rings. The molecule has 1 atom stereocenters. The number of rotatable bonds is 11. The van der Waals surface area contributed by atoms with E-state index in [9.17, 15) is 9.90 Å². The van der Waals surface area contributed by atoms with Crippen LogP contribution in [0.1, 0.15) is 87.3 Å². The number of aliphatic hydroxyl groups is 1. The number of halogens is 2. The Morgan fingerprint density at radius 2 is 1.94 bits per heavy atom. The van der Waals surface area contributed by atoms with Gasteiger partial charge in [0.25, 0.3) is 0 Å². The van der Waals surface area contributed by atoms with Crippen molar-refractivity contribution < 1.29 is 18.9 Å². The van der Waals surface area contributed by atoms with Crippen molar-refractivity contribution in [2.45, 2.75) is 77.6 Å². The van der Waals surface area contributed by atoms with Crippen molar-refractivity contribution in [3.8, 4) is 11.5 Å². The monoisotopic (exact) mass is 518 g/mol. The Labute approximate surface area is 216 Å². The summed E-state index contributed by atoms with van der Waals surface area (Å²) in [6.07, 6.45) is 4.58. The number of carbonyl (C=O) groups is 1. The zero-order valence-electron chi connectivity index (χ0n) is 20.4. The minimum Gasteiger partial charge on any atom is -0.396 e. The van der Waals surface area contributed by atoms with Crippen molar-refractivity contribution in [1.29, 1.82) is 0 Å². The highest BCUT2D eigenvalue weighted by Crippen LogP contribution is 2.48. The van der Waals surface area contributed by atoms with Crippen molar-refractivity contribution in [3.05, 3.63) is 56.9 Å². The maximum atomic E-state index is 13.1. The molecule has 0 aliphatic heterocycles. The fraction of sp³-hybridized carbons (Fsp3) is 0.519. The van der Waals surface area contributed by atoms with E-state index in [1.54, 1.807) is 18.2 Å². The fourth-order valence-corrected chi connectivity index (χ4v) is 4.95. The summed E-state index contributed by atoms with van der Waals surface area (Å²) in [6.45, 7) is 6.50. The number of ketones is 1. The van der Waals surface area contributed by atoms with E-state index in [2.05, 4.69) is 31.1 Å². The van der Waals surface area contributed by atoms with Gasteiger partial charge in [0, 0.05) is 53.5 Å². The number of Topliss-reactive ketones (excluding diaryl/α,β-unsaturated/α-hetero) is 1. The van der Waals surface area contributed by atoms with Gasteiger partial charge in [-0.3, -0.25) is 4.79 Å².